The summed E-state index contributed by atoms with van der Waals surface area (Å²) >= 11 is 1.95. The lowest BCUT2D eigenvalue weighted by atomic mass is 9.73. The van der Waals surface area contributed by atoms with Gasteiger partial charge in [0, 0.05) is 10.5 Å². The highest BCUT2D eigenvalue weighted by molar-refractivity contribution is 7.99. The lowest BCUT2D eigenvalue weighted by Crippen LogP contribution is -2.28. The number of carbonyl (C=O) groups is 1. The van der Waals surface area contributed by atoms with Gasteiger partial charge in [-0.1, -0.05) is 19.8 Å². The van der Waals surface area contributed by atoms with E-state index in [4.69, 9.17) is 4.74 Å². The van der Waals surface area contributed by atoms with Crippen molar-refractivity contribution in [1.82, 2.24) is 9.97 Å². The van der Waals surface area contributed by atoms with Crippen LogP contribution in [0, 0.1) is 11.8 Å². The molecule has 1 aliphatic heterocycles. The van der Waals surface area contributed by atoms with Gasteiger partial charge in [0.15, 0.2) is 0 Å². The first-order chi connectivity index (χ1) is 13.6. The molecule has 0 unspecified atom stereocenters. The molecule has 0 fully saturated rings. The van der Waals surface area contributed by atoms with Crippen molar-refractivity contribution in [1.29, 1.82) is 0 Å². The molecule has 0 atom stereocenters. The number of hydrogen-bond acceptors (Lipinski definition) is 5. The maximum Gasteiger partial charge on any atom is 0.311 e. The molecule has 4 nitrogen and oxygen atoms in total. The van der Waals surface area contributed by atoms with Crippen LogP contribution in [-0.2, 0) is 21.4 Å². The molecular weight excluding hydrogens is 368 g/mol. The number of benzene rings is 1. The molecule has 3 rings (SSSR count). The van der Waals surface area contributed by atoms with E-state index >= 15 is 0 Å². The minimum Gasteiger partial charge on any atom is -0.466 e. The molecule has 1 aromatic heterocycles. The number of nitrogens with zero attached hydrogens (tertiary/aromatic N) is 2. The standard InChI is InChI=1S/C23H26N2O2S/c1-4-23(5-2)11-12-28-21-10-8-17(13-20(21)23)7-9-18-15-25-19(16-24-18)14-22(26)27-6-3/h8,10,13,15-16H,4-6,11-12,14H2,1-3H3. The van der Waals surface area contributed by atoms with Crippen molar-refractivity contribution >= 4 is 17.7 Å². The zero-order chi connectivity index (χ0) is 20.0. The van der Waals surface area contributed by atoms with Crippen LogP contribution >= 0.6 is 11.8 Å². The molecule has 1 aromatic carbocycles. The van der Waals surface area contributed by atoms with Crippen LogP contribution in [0.5, 0.6) is 0 Å². The van der Waals surface area contributed by atoms with Crippen molar-refractivity contribution < 1.29 is 9.53 Å². The largest absolute Gasteiger partial charge is 0.466 e. The van der Waals surface area contributed by atoms with Crippen LogP contribution in [0.3, 0.4) is 0 Å². The third-order valence-electron chi connectivity index (χ3n) is 5.41. The Kier molecular flexibility index (Phi) is 6.74. The second kappa shape index (κ2) is 9.25. The molecule has 2 heterocycles. The fraction of sp³-hybridized carbons (Fsp3) is 0.435. The normalized spacial score (nSPS) is 14.5. The Hall–Kier alpha value is -2.32. The molecule has 1 aliphatic rings. The van der Waals surface area contributed by atoms with E-state index in [0.717, 1.165) is 18.4 Å². The number of hydrogen-bond donors (Lipinski definition) is 0. The van der Waals surface area contributed by atoms with Crippen LogP contribution in [0.1, 0.15) is 62.5 Å². The van der Waals surface area contributed by atoms with Crippen LogP contribution < -0.4 is 0 Å². The first kappa shape index (κ1) is 20.4. The quantitative estimate of drug-likeness (QED) is 0.551. The Morgan fingerprint density at radius 2 is 2.00 bits per heavy atom. The van der Waals surface area contributed by atoms with Gasteiger partial charge in [0.25, 0.3) is 0 Å². The van der Waals surface area contributed by atoms with Crippen molar-refractivity contribution in [3.8, 4) is 11.8 Å². The number of esters is 1. The van der Waals surface area contributed by atoms with E-state index in [1.807, 2.05) is 11.8 Å². The Morgan fingerprint density at radius 1 is 1.18 bits per heavy atom. The fourth-order valence-corrected chi connectivity index (χ4v) is 4.94. The van der Waals surface area contributed by atoms with E-state index in [1.165, 1.54) is 22.6 Å². The molecule has 28 heavy (non-hydrogen) atoms. The summed E-state index contributed by atoms with van der Waals surface area (Å²) in [4.78, 5) is 21.5. The molecule has 0 aliphatic carbocycles. The maximum absolute atomic E-state index is 11.5. The predicted molar refractivity (Wildman–Crippen MR) is 112 cm³/mol. The second-order valence-corrected chi connectivity index (χ2v) is 8.06. The average molecular weight is 395 g/mol. The van der Waals surface area contributed by atoms with Crippen LogP contribution in [0.15, 0.2) is 35.5 Å². The summed E-state index contributed by atoms with van der Waals surface area (Å²) in [5, 5.41) is 0. The van der Waals surface area contributed by atoms with E-state index in [1.54, 1.807) is 19.3 Å². The van der Waals surface area contributed by atoms with E-state index in [9.17, 15) is 4.79 Å². The summed E-state index contributed by atoms with van der Waals surface area (Å²) in [6.07, 6.45) is 6.86. The molecule has 0 amide bonds. The Labute approximate surface area is 171 Å². The SMILES string of the molecule is CCOC(=O)Cc1cnc(C#Cc2ccc3c(c2)C(CC)(CC)CCS3)cn1. The van der Waals surface area contributed by atoms with Gasteiger partial charge in [-0.2, -0.15) is 0 Å². The van der Waals surface area contributed by atoms with E-state index < -0.39 is 0 Å². The Balaban J connectivity index is 1.78. The zero-order valence-electron chi connectivity index (χ0n) is 16.7. The van der Waals surface area contributed by atoms with Gasteiger partial charge < -0.3 is 4.74 Å². The highest BCUT2D eigenvalue weighted by atomic mass is 32.2. The molecule has 0 bridgehead atoms. The van der Waals surface area contributed by atoms with Gasteiger partial charge in [0.1, 0.15) is 5.69 Å². The van der Waals surface area contributed by atoms with Crippen molar-refractivity contribution in [2.24, 2.45) is 0 Å². The third-order valence-corrected chi connectivity index (χ3v) is 6.49. The molecule has 0 spiro atoms. The smallest absolute Gasteiger partial charge is 0.311 e. The Bertz CT molecular complexity index is 893. The summed E-state index contributed by atoms with van der Waals surface area (Å²) < 4.78 is 4.93. The van der Waals surface area contributed by atoms with E-state index in [2.05, 4.69) is 53.9 Å². The molecular formula is C23H26N2O2S. The molecule has 0 saturated heterocycles. The second-order valence-electron chi connectivity index (χ2n) is 6.92. The summed E-state index contributed by atoms with van der Waals surface area (Å²) in [5.74, 6) is 7.21. The van der Waals surface area contributed by atoms with Gasteiger partial charge in [-0.15, -0.1) is 11.8 Å². The van der Waals surface area contributed by atoms with Crippen molar-refractivity contribution in [3.05, 3.63) is 53.1 Å². The molecule has 146 valence electrons. The number of ether oxygens (including phenoxy) is 1. The third kappa shape index (κ3) is 4.56. The minimum absolute atomic E-state index is 0.132. The molecule has 0 radical (unpaired) electrons. The van der Waals surface area contributed by atoms with Crippen LogP contribution in [-0.4, -0.2) is 28.3 Å². The summed E-state index contributed by atoms with van der Waals surface area (Å²) in [7, 11) is 0. The zero-order valence-corrected chi connectivity index (χ0v) is 17.6. The van der Waals surface area contributed by atoms with Crippen LogP contribution in [0.2, 0.25) is 0 Å². The highest BCUT2D eigenvalue weighted by Crippen LogP contribution is 2.46. The van der Waals surface area contributed by atoms with Crippen molar-refractivity contribution in [3.63, 3.8) is 0 Å². The first-order valence-electron chi connectivity index (χ1n) is 9.86. The summed E-state index contributed by atoms with van der Waals surface area (Å²) in [6, 6.07) is 6.55. The molecule has 0 saturated carbocycles. The van der Waals surface area contributed by atoms with Crippen molar-refractivity contribution in [2.45, 2.75) is 56.8 Å². The number of carbonyl (C=O) groups excluding carboxylic acids is 1. The van der Waals surface area contributed by atoms with Crippen LogP contribution in [0.25, 0.3) is 0 Å². The molecule has 0 N–H and O–H groups in total. The number of aromatic nitrogens is 2. The predicted octanol–water partition coefficient (Wildman–Crippen LogP) is 4.54. The highest BCUT2D eigenvalue weighted by Gasteiger charge is 2.33. The maximum atomic E-state index is 11.5. The first-order valence-corrected chi connectivity index (χ1v) is 10.8. The van der Waals surface area contributed by atoms with Gasteiger partial charge in [-0.25, -0.2) is 4.98 Å². The van der Waals surface area contributed by atoms with Gasteiger partial charge in [-0.3, -0.25) is 9.78 Å². The molecule has 2 aromatic rings. The fourth-order valence-electron chi connectivity index (χ4n) is 3.63. The summed E-state index contributed by atoms with van der Waals surface area (Å²) in [6.45, 7) is 6.73. The van der Waals surface area contributed by atoms with Gasteiger partial charge >= 0.3 is 5.97 Å². The van der Waals surface area contributed by atoms with Crippen molar-refractivity contribution in [2.75, 3.05) is 12.4 Å². The minimum atomic E-state index is -0.294. The topological polar surface area (TPSA) is 52.1 Å². The monoisotopic (exact) mass is 394 g/mol. The van der Waals surface area contributed by atoms with E-state index in [-0.39, 0.29) is 17.8 Å². The lowest BCUT2D eigenvalue weighted by molar-refractivity contribution is -0.142. The number of thioether (sulfide) groups is 1. The molecule has 5 heteroatoms. The van der Waals surface area contributed by atoms with Crippen LogP contribution in [0.4, 0.5) is 0 Å². The summed E-state index contributed by atoms with van der Waals surface area (Å²) in [5.41, 5.74) is 3.90. The van der Waals surface area contributed by atoms with Gasteiger partial charge in [0.05, 0.1) is 31.1 Å². The van der Waals surface area contributed by atoms with Gasteiger partial charge in [-0.05, 0) is 67.0 Å². The Morgan fingerprint density at radius 3 is 2.68 bits per heavy atom. The average Bonchev–Trinajstić information content (AvgIpc) is 2.73. The lowest BCUT2D eigenvalue weighted by Gasteiger charge is -2.37. The van der Waals surface area contributed by atoms with Gasteiger partial charge in [0.2, 0.25) is 0 Å². The number of fused-ring (bicyclic) bond motifs is 1. The number of rotatable bonds is 5. The van der Waals surface area contributed by atoms with E-state index in [0.29, 0.717) is 18.0 Å².